The van der Waals surface area contributed by atoms with E-state index >= 15 is 0 Å². The normalized spacial score (nSPS) is 11.7. The number of hydrogen-bond donors (Lipinski definition) is 0. The van der Waals surface area contributed by atoms with Crippen LogP contribution < -0.4 is 4.90 Å². The first-order valence-corrected chi connectivity index (χ1v) is 15.2. The molecule has 0 aliphatic carbocycles. The quantitative estimate of drug-likeness (QED) is 0.198. The monoisotopic (exact) mass is 568 g/mol. The molecule has 0 unspecified atom stereocenters. The molecule has 0 saturated heterocycles. The molecule has 7 aromatic carbocycles. The van der Waals surface area contributed by atoms with E-state index < -0.39 is 0 Å². The van der Waals surface area contributed by atoms with Crippen LogP contribution in [-0.2, 0) is 0 Å². The van der Waals surface area contributed by atoms with Gasteiger partial charge in [0.05, 0.1) is 0 Å². The number of rotatable bonds is 4. The molecule has 0 aliphatic heterocycles. The molecule has 43 heavy (non-hydrogen) atoms. The molecular formula is C39H24N2OS. The number of hydrogen-bond acceptors (Lipinski definition) is 4. The van der Waals surface area contributed by atoms with Crippen LogP contribution in [0.1, 0.15) is 0 Å². The Morgan fingerprint density at radius 3 is 2.02 bits per heavy atom. The Labute approximate surface area is 251 Å². The number of para-hydroxylation sites is 1. The first-order chi connectivity index (χ1) is 21.3. The van der Waals surface area contributed by atoms with Gasteiger partial charge in [-0.25, -0.2) is 4.98 Å². The predicted octanol–water partition coefficient (Wildman–Crippen LogP) is 11.6. The summed E-state index contributed by atoms with van der Waals surface area (Å²) in [5.74, 6) is 0.642. The van der Waals surface area contributed by atoms with Crippen LogP contribution in [0.3, 0.4) is 0 Å². The molecule has 0 N–H and O–H groups in total. The Kier molecular flexibility index (Phi) is 5.37. The summed E-state index contributed by atoms with van der Waals surface area (Å²) in [5, 5.41) is 7.16. The van der Waals surface area contributed by atoms with E-state index in [2.05, 4.69) is 120 Å². The van der Waals surface area contributed by atoms with Gasteiger partial charge in [-0.3, -0.25) is 0 Å². The first kappa shape index (κ1) is 24.2. The van der Waals surface area contributed by atoms with Crippen LogP contribution >= 0.6 is 11.3 Å². The highest BCUT2D eigenvalue weighted by Crippen LogP contribution is 2.42. The summed E-state index contributed by atoms with van der Waals surface area (Å²) in [7, 11) is 0. The summed E-state index contributed by atoms with van der Waals surface area (Å²) >= 11 is 1.85. The molecule has 0 spiro atoms. The number of fused-ring (bicyclic) bond motifs is 8. The molecule has 202 valence electrons. The van der Waals surface area contributed by atoms with E-state index in [1.807, 2.05) is 41.7 Å². The molecule has 0 saturated carbocycles. The van der Waals surface area contributed by atoms with Crippen molar-refractivity contribution in [2.24, 2.45) is 0 Å². The van der Waals surface area contributed by atoms with Crippen molar-refractivity contribution < 1.29 is 4.42 Å². The zero-order valence-corrected chi connectivity index (χ0v) is 23.9. The second-order valence-corrected chi connectivity index (χ2v) is 11.9. The zero-order chi connectivity index (χ0) is 28.3. The Hall–Kier alpha value is -5.45. The third kappa shape index (κ3) is 3.92. The summed E-state index contributed by atoms with van der Waals surface area (Å²) in [4.78, 5) is 7.16. The average Bonchev–Trinajstić information content (AvgIpc) is 3.68. The highest BCUT2D eigenvalue weighted by Gasteiger charge is 2.17. The van der Waals surface area contributed by atoms with Crippen molar-refractivity contribution in [1.29, 1.82) is 0 Å². The first-order valence-electron chi connectivity index (χ1n) is 14.4. The van der Waals surface area contributed by atoms with Crippen molar-refractivity contribution >= 4 is 81.2 Å². The second kappa shape index (κ2) is 9.55. The Bertz CT molecular complexity index is 2460. The van der Waals surface area contributed by atoms with Crippen molar-refractivity contribution in [2.75, 3.05) is 4.90 Å². The lowest BCUT2D eigenvalue weighted by Gasteiger charge is -2.26. The minimum absolute atomic E-state index is 0.642. The summed E-state index contributed by atoms with van der Waals surface area (Å²) < 4.78 is 8.99. The van der Waals surface area contributed by atoms with Crippen LogP contribution in [0.2, 0.25) is 0 Å². The molecule has 0 amide bonds. The SMILES string of the molecule is c1ccc(-c2nc3ccc4c5cc(N(c6ccccc6)c6ccc7sc8ccccc8c7c6)ccc5ccc4c3o2)cc1. The van der Waals surface area contributed by atoms with Gasteiger partial charge in [0.2, 0.25) is 5.89 Å². The Balaban J connectivity index is 1.25. The van der Waals surface area contributed by atoms with Crippen LogP contribution in [0.5, 0.6) is 0 Å². The fourth-order valence-corrected chi connectivity index (χ4v) is 7.32. The fraction of sp³-hybridized carbons (Fsp3) is 0. The number of anilines is 3. The molecule has 0 bridgehead atoms. The average molecular weight is 569 g/mol. The molecule has 2 aromatic heterocycles. The zero-order valence-electron chi connectivity index (χ0n) is 23.1. The molecule has 0 fully saturated rings. The maximum atomic E-state index is 6.38. The summed E-state index contributed by atoms with van der Waals surface area (Å²) in [6, 6.07) is 51.5. The molecule has 0 aliphatic rings. The summed E-state index contributed by atoms with van der Waals surface area (Å²) in [6.45, 7) is 0. The van der Waals surface area contributed by atoms with E-state index in [-0.39, 0.29) is 0 Å². The highest BCUT2D eigenvalue weighted by atomic mass is 32.1. The van der Waals surface area contributed by atoms with Gasteiger partial charge < -0.3 is 9.32 Å². The van der Waals surface area contributed by atoms with Crippen molar-refractivity contribution in [3.05, 3.63) is 146 Å². The van der Waals surface area contributed by atoms with Gasteiger partial charge in [0, 0.05) is 48.2 Å². The van der Waals surface area contributed by atoms with Gasteiger partial charge in [0.1, 0.15) is 5.52 Å². The maximum absolute atomic E-state index is 6.38. The Morgan fingerprint density at radius 2 is 1.16 bits per heavy atom. The fourth-order valence-electron chi connectivity index (χ4n) is 6.23. The van der Waals surface area contributed by atoms with Crippen LogP contribution in [0.25, 0.3) is 64.3 Å². The molecule has 3 nitrogen and oxygen atoms in total. The third-order valence-corrected chi connectivity index (χ3v) is 9.42. The number of thiophene rings is 1. The molecular weight excluding hydrogens is 545 g/mol. The molecule has 4 heteroatoms. The van der Waals surface area contributed by atoms with Crippen LogP contribution in [0.15, 0.2) is 150 Å². The maximum Gasteiger partial charge on any atom is 0.227 e. The molecule has 9 rings (SSSR count). The summed E-state index contributed by atoms with van der Waals surface area (Å²) in [6.07, 6.45) is 0. The molecule has 0 atom stereocenters. The van der Waals surface area contributed by atoms with E-state index in [4.69, 9.17) is 9.40 Å². The van der Waals surface area contributed by atoms with Gasteiger partial charge in [-0.1, -0.05) is 72.8 Å². The largest absolute Gasteiger partial charge is 0.435 e. The molecule has 2 heterocycles. The lowest BCUT2D eigenvalue weighted by molar-refractivity contribution is 0.623. The van der Waals surface area contributed by atoms with Crippen molar-refractivity contribution in [2.45, 2.75) is 0 Å². The second-order valence-electron chi connectivity index (χ2n) is 10.8. The Morgan fingerprint density at radius 1 is 0.488 bits per heavy atom. The minimum atomic E-state index is 0.642. The predicted molar refractivity (Wildman–Crippen MR) is 182 cm³/mol. The van der Waals surface area contributed by atoms with E-state index in [0.29, 0.717) is 5.89 Å². The van der Waals surface area contributed by atoms with Gasteiger partial charge >= 0.3 is 0 Å². The molecule has 0 radical (unpaired) electrons. The topological polar surface area (TPSA) is 29.3 Å². The van der Waals surface area contributed by atoms with Gasteiger partial charge in [-0.05, 0) is 89.0 Å². The van der Waals surface area contributed by atoms with E-state index in [1.54, 1.807) is 0 Å². The van der Waals surface area contributed by atoms with Gasteiger partial charge in [0.15, 0.2) is 5.58 Å². The number of benzene rings is 7. The van der Waals surface area contributed by atoms with Crippen LogP contribution in [0, 0.1) is 0 Å². The van der Waals surface area contributed by atoms with Gasteiger partial charge in [0.25, 0.3) is 0 Å². The lowest BCUT2D eigenvalue weighted by Crippen LogP contribution is -2.09. The van der Waals surface area contributed by atoms with Crippen molar-refractivity contribution in [3.63, 3.8) is 0 Å². The number of nitrogens with zero attached hydrogens (tertiary/aromatic N) is 2. The minimum Gasteiger partial charge on any atom is -0.435 e. The van der Waals surface area contributed by atoms with Crippen LogP contribution in [0.4, 0.5) is 17.1 Å². The van der Waals surface area contributed by atoms with Gasteiger partial charge in [-0.2, -0.15) is 0 Å². The standard InChI is InChI=1S/C39H24N2OS/c1-3-9-26(10-4-1)39-40-35-21-20-30-32(38(35)42-39)19-16-25-15-17-28(23-33(25)30)41(27-11-5-2-6-12-27)29-18-22-37-34(24-29)31-13-7-8-14-36(31)43-37/h1-24H. The van der Waals surface area contributed by atoms with Crippen molar-refractivity contribution in [3.8, 4) is 11.5 Å². The summed E-state index contributed by atoms with van der Waals surface area (Å²) in [5.41, 5.74) is 6.01. The lowest BCUT2D eigenvalue weighted by atomic mass is 10.00. The van der Waals surface area contributed by atoms with Crippen molar-refractivity contribution in [1.82, 2.24) is 4.98 Å². The smallest absolute Gasteiger partial charge is 0.227 e. The van der Waals surface area contributed by atoms with Gasteiger partial charge in [-0.15, -0.1) is 11.3 Å². The van der Waals surface area contributed by atoms with E-state index in [0.717, 1.165) is 44.5 Å². The van der Waals surface area contributed by atoms with E-state index in [9.17, 15) is 0 Å². The third-order valence-electron chi connectivity index (χ3n) is 8.26. The highest BCUT2D eigenvalue weighted by molar-refractivity contribution is 7.25. The van der Waals surface area contributed by atoms with Crippen LogP contribution in [-0.4, -0.2) is 4.98 Å². The molecule has 9 aromatic rings. The van der Waals surface area contributed by atoms with E-state index in [1.165, 1.54) is 30.9 Å². The number of oxazole rings is 1. The number of aromatic nitrogens is 1.